The number of para-hydroxylation sites is 1. The van der Waals surface area contributed by atoms with Gasteiger partial charge in [0.2, 0.25) is 0 Å². The van der Waals surface area contributed by atoms with Gasteiger partial charge in [-0.1, -0.05) is 30.3 Å². The number of morpholine rings is 1. The van der Waals surface area contributed by atoms with Gasteiger partial charge in [-0.25, -0.2) is 9.78 Å². The van der Waals surface area contributed by atoms with E-state index in [1.54, 1.807) is 24.0 Å². The number of hydrogen-bond donors (Lipinski definition) is 1. The Labute approximate surface area is 197 Å². The van der Waals surface area contributed by atoms with Crippen LogP contribution in [0.2, 0.25) is 0 Å². The fourth-order valence-corrected chi connectivity index (χ4v) is 4.59. The van der Waals surface area contributed by atoms with Gasteiger partial charge in [-0.2, -0.15) is 0 Å². The highest BCUT2D eigenvalue weighted by Crippen LogP contribution is 2.38. The molecule has 1 saturated heterocycles. The smallest absolute Gasteiger partial charge is 0.339 e. The number of fused-ring (bicyclic) bond motifs is 2. The first-order valence-electron chi connectivity index (χ1n) is 11.5. The molecule has 3 aromatic rings. The van der Waals surface area contributed by atoms with Crippen molar-refractivity contribution < 1.29 is 24.2 Å². The Hall–Kier alpha value is -3.71. The predicted octanol–water partition coefficient (Wildman–Crippen LogP) is 3.83. The minimum atomic E-state index is -0.887. The van der Waals surface area contributed by atoms with Crippen molar-refractivity contribution in [2.24, 2.45) is 0 Å². The number of hydrogen-bond acceptors (Lipinski definition) is 6. The van der Waals surface area contributed by atoms with Gasteiger partial charge in [-0.15, -0.1) is 0 Å². The van der Waals surface area contributed by atoms with Gasteiger partial charge < -0.3 is 19.5 Å². The predicted molar refractivity (Wildman–Crippen MR) is 128 cm³/mol. The lowest BCUT2D eigenvalue weighted by molar-refractivity contribution is -0.143. The number of benzene rings is 2. The van der Waals surface area contributed by atoms with Crippen LogP contribution in [0.15, 0.2) is 48.5 Å². The van der Waals surface area contributed by atoms with Crippen LogP contribution in [0.3, 0.4) is 0 Å². The number of nitrogens with zero attached hydrogens (tertiary/aromatic N) is 2. The van der Waals surface area contributed by atoms with Crippen molar-refractivity contribution in [3.05, 3.63) is 70.9 Å². The lowest BCUT2D eigenvalue weighted by atomic mass is 10.0. The molecular formula is C27H26N2O5. The maximum atomic E-state index is 13.4. The first-order valence-corrected chi connectivity index (χ1v) is 11.5. The summed E-state index contributed by atoms with van der Waals surface area (Å²) in [6.07, 6.45) is 2.55. The summed E-state index contributed by atoms with van der Waals surface area (Å²) in [6.45, 7) is 3.60. The molecule has 7 heteroatoms. The maximum absolute atomic E-state index is 13.4. The van der Waals surface area contributed by atoms with E-state index in [0.717, 1.165) is 34.2 Å². The molecular weight excluding hydrogens is 432 g/mol. The van der Waals surface area contributed by atoms with Gasteiger partial charge in [0.25, 0.3) is 5.91 Å². The molecule has 1 N–H and O–H groups in total. The largest absolute Gasteiger partial charge is 0.508 e. The normalized spacial score (nSPS) is 17.6. The summed E-state index contributed by atoms with van der Waals surface area (Å²) in [5.74, 6) is -0.502. The van der Waals surface area contributed by atoms with Crippen molar-refractivity contribution in [3.63, 3.8) is 0 Å². The zero-order valence-corrected chi connectivity index (χ0v) is 19.0. The van der Waals surface area contributed by atoms with Gasteiger partial charge in [-0.05, 0) is 60.7 Å². The molecule has 2 aromatic carbocycles. The summed E-state index contributed by atoms with van der Waals surface area (Å²) in [5.41, 5.74) is 4.79. The van der Waals surface area contributed by atoms with E-state index in [-0.39, 0.29) is 11.7 Å². The number of esters is 1. The van der Waals surface area contributed by atoms with Crippen LogP contribution < -0.4 is 0 Å². The summed E-state index contributed by atoms with van der Waals surface area (Å²) in [7, 11) is 0. The molecule has 0 spiro atoms. The average molecular weight is 459 g/mol. The number of aromatic nitrogens is 1. The Morgan fingerprint density at radius 3 is 2.59 bits per heavy atom. The zero-order chi connectivity index (χ0) is 23.7. The van der Waals surface area contributed by atoms with Crippen molar-refractivity contribution in [2.45, 2.75) is 25.9 Å². The number of pyridine rings is 1. The Balaban J connectivity index is 1.49. The molecule has 0 bridgehead atoms. The molecule has 2 aliphatic rings. The number of rotatable bonds is 4. The van der Waals surface area contributed by atoms with Crippen molar-refractivity contribution >= 4 is 34.4 Å². The highest BCUT2D eigenvalue weighted by atomic mass is 16.5. The third-order valence-corrected chi connectivity index (χ3v) is 6.33. The van der Waals surface area contributed by atoms with E-state index in [2.05, 4.69) is 0 Å². The van der Waals surface area contributed by atoms with Gasteiger partial charge in [0, 0.05) is 18.5 Å². The van der Waals surface area contributed by atoms with E-state index >= 15 is 0 Å². The fraction of sp³-hybridized carbons (Fsp3) is 0.296. The van der Waals surface area contributed by atoms with E-state index in [0.29, 0.717) is 43.8 Å². The van der Waals surface area contributed by atoms with E-state index in [9.17, 15) is 14.7 Å². The van der Waals surface area contributed by atoms with Crippen molar-refractivity contribution in [1.82, 2.24) is 9.88 Å². The molecule has 1 atom stereocenters. The topological polar surface area (TPSA) is 89.0 Å². The molecule has 1 aromatic heterocycles. The second kappa shape index (κ2) is 9.27. The number of allylic oxidation sites excluding steroid dienone is 1. The highest BCUT2D eigenvalue weighted by Gasteiger charge is 2.31. The molecule has 0 saturated carbocycles. The van der Waals surface area contributed by atoms with E-state index in [4.69, 9.17) is 14.5 Å². The van der Waals surface area contributed by atoms with Crippen molar-refractivity contribution in [3.8, 4) is 5.75 Å². The third kappa shape index (κ3) is 4.26. The molecule has 1 fully saturated rings. The molecule has 34 heavy (non-hydrogen) atoms. The summed E-state index contributed by atoms with van der Waals surface area (Å²) in [4.78, 5) is 32.8. The summed E-state index contributed by atoms with van der Waals surface area (Å²) in [6, 6.07) is 14.5. The van der Waals surface area contributed by atoms with Gasteiger partial charge in [0.15, 0.2) is 6.10 Å². The molecule has 5 rings (SSSR count). The number of carbonyl (C=O) groups is 2. The molecule has 1 unspecified atom stereocenters. The van der Waals surface area contributed by atoms with Crippen LogP contribution in [-0.4, -0.2) is 59.3 Å². The SMILES string of the molecule is CC(OC(=O)c1c2c(nc3ccccc13)/C(=C/c1ccc(O)cc1)CC2)C(=O)N1CCOCC1. The van der Waals surface area contributed by atoms with Crippen molar-refractivity contribution in [1.29, 1.82) is 0 Å². The minimum absolute atomic E-state index is 0.209. The van der Waals surface area contributed by atoms with Crippen molar-refractivity contribution in [2.75, 3.05) is 26.3 Å². The first kappa shape index (κ1) is 22.1. The molecule has 2 heterocycles. The van der Waals surface area contributed by atoms with Crippen LogP contribution in [0.5, 0.6) is 5.75 Å². The monoisotopic (exact) mass is 458 g/mol. The average Bonchev–Trinajstić information content (AvgIpc) is 3.25. The highest BCUT2D eigenvalue weighted by molar-refractivity contribution is 6.07. The van der Waals surface area contributed by atoms with Crippen LogP contribution in [0.1, 0.15) is 40.5 Å². The van der Waals surface area contributed by atoms with Crippen LogP contribution in [-0.2, 0) is 20.7 Å². The number of phenolic OH excluding ortho intramolecular Hbond substituents is 1. The number of phenols is 1. The Morgan fingerprint density at radius 2 is 1.82 bits per heavy atom. The standard InChI is InChI=1S/C27H26N2O5/c1-17(26(31)29-12-14-33-15-13-29)34-27(32)24-21-4-2-3-5-23(21)28-25-19(8-11-22(24)25)16-18-6-9-20(30)10-7-18/h2-7,9-10,16-17,30H,8,11-15H2,1H3/b19-16+. The summed E-state index contributed by atoms with van der Waals surface area (Å²) in [5, 5.41) is 10.3. The van der Waals surface area contributed by atoms with Crippen LogP contribution >= 0.6 is 0 Å². The molecule has 7 nitrogen and oxygen atoms in total. The van der Waals surface area contributed by atoms with E-state index < -0.39 is 12.1 Å². The number of carbonyl (C=O) groups excluding carboxylic acids is 2. The molecule has 174 valence electrons. The number of amides is 1. The zero-order valence-electron chi connectivity index (χ0n) is 19.0. The third-order valence-electron chi connectivity index (χ3n) is 6.33. The van der Waals surface area contributed by atoms with Crippen LogP contribution in [0.4, 0.5) is 0 Å². The number of aromatic hydroxyl groups is 1. The fourth-order valence-electron chi connectivity index (χ4n) is 4.59. The summed E-state index contributed by atoms with van der Waals surface area (Å²) < 4.78 is 11.0. The molecule has 0 radical (unpaired) electrons. The Kier molecular flexibility index (Phi) is 6.02. The Bertz CT molecular complexity index is 1280. The quantitative estimate of drug-likeness (QED) is 0.598. The van der Waals surface area contributed by atoms with Gasteiger partial charge in [0.1, 0.15) is 5.75 Å². The lowest BCUT2D eigenvalue weighted by Gasteiger charge is -2.29. The number of ether oxygens (including phenoxy) is 2. The van der Waals surface area contributed by atoms with Crippen LogP contribution in [0, 0.1) is 0 Å². The lowest BCUT2D eigenvalue weighted by Crippen LogP contribution is -2.46. The Morgan fingerprint density at radius 1 is 1.09 bits per heavy atom. The first-order chi connectivity index (χ1) is 16.5. The van der Waals surface area contributed by atoms with E-state index in [1.165, 1.54) is 0 Å². The van der Waals surface area contributed by atoms with Gasteiger partial charge >= 0.3 is 5.97 Å². The second-order valence-electron chi connectivity index (χ2n) is 8.58. The second-order valence-corrected chi connectivity index (χ2v) is 8.58. The summed E-state index contributed by atoms with van der Waals surface area (Å²) >= 11 is 0. The van der Waals surface area contributed by atoms with Gasteiger partial charge in [-0.3, -0.25) is 4.79 Å². The maximum Gasteiger partial charge on any atom is 0.339 e. The molecule has 1 aliphatic heterocycles. The molecule has 1 aliphatic carbocycles. The van der Waals surface area contributed by atoms with Crippen LogP contribution in [0.25, 0.3) is 22.6 Å². The minimum Gasteiger partial charge on any atom is -0.508 e. The molecule has 1 amide bonds. The van der Waals surface area contributed by atoms with E-state index in [1.807, 2.05) is 42.5 Å². The van der Waals surface area contributed by atoms with Gasteiger partial charge in [0.05, 0.1) is 30.0 Å².